The number of benzene rings is 1. The van der Waals surface area contributed by atoms with Crippen molar-refractivity contribution in [2.24, 2.45) is 0 Å². The first-order valence-corrected chi connectivity index (χ1v) is 7.78. The molecule has 6 heteroatoms. The Morgan fingerprint density at radius 3 is 2.58 bits per heavy atom. The van der Waals surface area contributed by atoms with Gasteiger partial charge in [-0.2, -0.15) is 0 Å². The monoisotopic (exact) mass is 334 g/mol. The van der Waals surface area contributed by atoms with Gasteiger partial charge in [0.1, 0.15) is 5.82 Å². The van der Waals surface area contributed by atoms with Crippen LogP contribution < -0.4 is 0 Å². The predicted octanol–water partition coefficient (Wildman–Crippen LogP) is 3.68. The molecule has 1 saturated heterocycles. The van der Waals surface area contributed by atoms with E-state index in [-0.39, 0.29) is 37.7 Å². The van der Waals surface area contributed by atoms with Crippen LogP contribution in [0.3, 0.4) is 0 Å². The third-order valence-electron chi connectivity index (χ3n) is 4.12. The molecule has 1 amide bonds. The first-order valence-electron chi connectivity index (χ1n) is 7.78. The molecule has 2 aromatic rings. The topological polar surface area (TPSA) is 33.2 Å². The van der Waals surface area contributed by atoms with E-state index in [1.807, 2.05) is 0 Å². The van der Waals surface area contributed by atoms with Gasteiger partial charge in [-0.05, 0) is 35.7 Å². The van der Waals surface area contributed by atoms with Crippen molar-refractivity contribution in [2.75, 3.05) is 13.1 Å². The molecule has 0 N–H and O–H groups in total. The summed E-state index contributed by atoms with van der Waals surface area (Å²) in [4.78, 5) is 17.9. The average Bonchev–Trinajstić information content (AvgIpc) is 2.54. The number of alkyl halides is 2. The van der Waals surface area contributed by atoms with E-state index in [1.165, 1.54) is 23.2 Å². The molecule has 24 heavy (non-hydrogen) atoms. The van der Waals surface area contributed by atoms with Gasteiger partial charge in [0.05, 0.1) is 5.56 Å². The predicted molar refractivity (Wildman–Crippen MR) is 83.5 cm³/mol. The minimum absolute atomic E-state index is 0.0416. The van der Waals surface area contributed by atoms with Gasteiger partial charge in [-0.3, -0.25) is 9.78 Å². The minimum atomic E-state index is -2.69. The Hall–Kier alpha value is -2.37. The molecule has 0 spiro atoms. The molecule has 2 heterocycles. The summed E-state index contributed by atoms with van der Waals surface area (Å²) in [6, 6.07) is 7.91. The Kier molecular flexibility index (Phi) is 4.55. The van der Waals surface area contributed by atoms with Crippen LogP contribution in [0.2, 0.25) is 0 Å². The molecule has 0 atom stereocenters. The number of rotatable bonds is 3. The number of hydrogen-bond acceptors (Lipinski definition) is 2. The van der Waals surface area contributed by atoms with Crippen molar-refractivity contribution < 1.29 is 18.0 Å². The van der Waals surface area contributed by atoms with Crippen molar-refractivity contribution in [1.29, 1.82) is 0 Å². The minimum Gasteiger partial charge on any atom is -0.338 e. The zero-order chi connectivity index (χ0) is 17.2. The Bertz CT molecular complexity index is 739. The second-order valence-electron chi connectivity index (χ2n) is 6.04. The van der Waals surface area contributed by atoms with Gasteiger partial charge < -0.3 is 4.90 Å². The molecule has 0 radical (unpaired) electrons. The van der Waals surface area contributed by atoms with Crippen LogP contribution in [0, 0.1) is 5.82 Å². The number of carbonyl (C=O) groups is 1. The maximum atomic E-state index is 13.2. The summed E-state index contributed by atoms with van der Waals surface area (Å²) in [6.45, 7) is 0.0832. The van der Waals surface area contributed by atoms with Crippen LogP contribution in [0.25, 0.3) is 0 Å². The van der Waals surface area contributed by atoms with Crippen LogP contribution in [0.5, 0.6) is 0 Å². The number of pyridine rings is 1. The standard InChI is InChI=1S/C18H17F3N2O/c19-16-3-1-2-13(10-16)8-14-9-15(12-22-11-14)17(24)23-6-4-18(20,21)5-7-23/h1-3,9-12H,4-8H2. The summed E-state index contributed by atoms with van der Waals surface area (Å²) >= 11 is 0. The molecular formula is C18H17F3N2O. The third-order valence-corrected chi connectivity index (χ3v) is 4.12. The lowest BCUT2D eigenvalue weighted by Crippen LogP contribution is -2.42. The molecule has 1 aromatic heterocycles. The van der Waals surface area contributed by atoms with Gasteiger partial charge in [-0.25, -0.2) is 13.2 Å². The van der Waals surface area contributed by atoms with Crippen LogP contribution >= 0.6 is 0 Å². The molecule has 126 valence electrons. The molecule has 0 bridgehead atoms. The van der Waals surface area contributed by atoms with Crippen molar-refractivity contribution in [3.63, 3.8) is 0 Å². The number of aromatic nitrogens is 1. The van der Waals surface area contributed by atoms with E-state index >= 15 is 0 Å². The second-order valence-corrected chi connectivity index (χ2v) is 6.04. The molecule has 3 nitrogen and oxygen atoms in total. The normalized spacial score (nSPS) is 16.9. The van der Waals surface area contributed by atoms with E-state index in [0.717, 1.165) is 11.1 Å². The fraction of sp³-hybridized carbons (Fsp3) is 0.333. The number of carbonyl (C=O) groups excluding carboxylic acids is 1. The second kappa shape index (κ2) is 6.63. The quantitative estimate of drug-likeness (QED) is 0.858. The zero-order valence-electron chi connectivity index (χ0n) is 13.0. The van der Waals surface area contributed by atoms with Crippen molar-refractivity contribution in [3.8, 4) is 0 Å². The number of nitrogens with zero attached hydrogens (tertiary/aromatic N) is 2. The fourth-order valence-electron chi connectivity index (χ4n) is 2.80. The maximum absolute atomic E-state index is 13.2. The largest absolute Gasteiger partial charge is 0.338 e. The summed E-state index contributed by atoms with van der Waals surface area (Å²) < 4.78 is 39.6. The van der Waals surface area contributed by atoms with E-state index in [0.29, 0.717) is 12.0 Å². The number of piperidine rings is 1. The number of hydrogen-bond donors (Lipinski definition) is 0. The Balaban J connectivity index is 1.72. The van der Waals surface area contributed by atoms with Gasteiger partial charge in [0.2, 0.25) is 0 Å². The molecule has 0 aliphatic carbocycles. The molecule has 3 rings (SSSR count). The summed E-state index contributed by atoms with van der Waals surface area (Å²) in [7, 11) is 0. The van der Waals surface area contributed by atoms with Gasteiger partial charge >= 0.3 is 0 Å². The Morgan fingerprint density at radius 2 is 1.88 bits per heavy atom. The smallest absolute Gasteiger partial charge is 0.255 e. The molecule has 1 aliphatic heterocycles. The van der Waals surface area contributed by atoms with E-state index in [2.05, 4.69) is 4.98 Å². The Morgan fingerprint density at radius 1 is 1.12 bits per heavy atom. The van der Waals surface area contributed by atoms with Crippen LogP contribution in [0.4, 0.5) is 13.2 Å². The van der Waals surface area contributed by atoms with Gasteiger partial charge in [0.15, 0.2) is 0 Å². The van der Waals surface area contributed by atoms with E-state index in [1.54, 1.807) is 24.4 Å². The molecule has 1 aromatic carbocycles. The SMILES string of the molecule is O=C(c1cncc(Cc2cccc(F)c2)c1)N1CCC(F)(F)CC1. The first-order chi connectivity index (χ1) is 11.4. The molecule has 0 saturated carbocycles. The van der Waals surface area contributed by atoms with Crippen LogP contribution in [0.15, 0.2) is 42.7 Å². The highest BCUT2D eigenvalue weighted by molar-refractivity contribution is 5.94. The number of likely N-dealkylation sites (tertiary alicyclic amines) is 1. The summed E-state index contributed by atoms with van der Waals surface area (Å²) in [5.41, 5.74) is 1.92. The van der Waals surface area contributed by atoms with Gasteiger partial charge in [-0.1, -0.05) is 12.1 Å². The Labute approximate surface area is 138 Å². The summed E-state index contributed by atoms with van der Waals surface area (Å²) in [5.74, 6) is -3.30. The number of amides is 1. The van der Waals surface area contributed by atoms with Crippen LogP contribution in [-0.4, -0.2) is 34.8 Å². The highest BCUT2D eigenvalue weighted by Gasteiger charge is 2.35. The van der Waals surface area contributed by atoms with E-state index < -0.39 is 5.92 Å². The van der Waals surface area contributed by atoms with Gasteiger partial charge in [0.25, 0.3) is 11.8 Å². The molecule has 1 aliphatic rings. The number of halogens is 3. The van der Waals surface area contributed by atoms with E-state index in [9.17, 15) is 18.0 Å². The highest BCUT2D eigenvalue weighted by atomic mass is 19.3. The lowest BCUT2D eigenvalue weighted by molar-refractivity contribution is -0.0494. The third kappa shape index (κ3) is 3.93. The van der Waals surface area contributed by atoms with E-state index in [4.69, 9.17) is 0 Å². The summed E-state index contributed by atoms with van der Waals surface area (Å²) in [5, 5.41) is 0. The zero-order valence-corrected chi connectivity index (χ0v) is 13.0. The maximum Gasteiger partial charge on any atom is 0.255 e. The molecule has 1 fully saturated rings. The lowest BCUT2D eigenvalue weighted by atomic mass is 10.0. The average molecular weight is 334 g/mol. The highest BCUT2D eigenvalue weighted by Crippen LogP contribution is 2.28. The van der Waals surface area contributed by atoms with Gasteiger partial charge in [-0.15, -0.1) is 0 Å². The molecular weight excluding hydrogens is 317 g/mol. The van der Waals surface area contributed by atoms with Crippen molar-refractivity contribution >= 4 is 5.91 Å². The lowest BCUT2D eigenvalue weighted by Gasteiger charge is -2.31. The fourth-order valence-corrected chi connectivity index (χ4v) is 2.80. The van der Waals surface area contributed by atoms with Crippen molar-refractivity contribution in [3.05, 3.63) is 65.2 Å². The van der Waals surface area contributed by atoms with Crippen LogP contribution in [-0.2, 0) is 6.42 Å². The summed E-state index contributed by atoms with van der Waals surface area (Å²) in [6.07, 6.45) is 2.88. The van der Waals surface area contributed by atoms with Crippen molar-refractivity contribution in [1.82, 2.24) is 9.88 Å². The van der Waals surface area contributed by atoms with Gasteiger partial charge in [0, 0.05) is 38.3 Å². The molecule has 0 unspecified atom stereocenters. The van der Waals surface area contributed by atoms with Crippen molar-refractivity contribution in [2.45, 2.75) is 25.2 Å². The first kappa shape index (κ1) is 16.5. The van der Waals surface area contributed by atoms with Crippen LogP contribution in [0.1, 0.15) is 34.3 Å².